The number of hydrogen-bond donors (Lipinski definition) is 12. The molecular formula is C24H42O19. The highest BCUT2D eigenvalue weighted by Crippen LogP contribution is 2.34. The van der Waals surface area contributed by atoms with Gasteiger partial charge in [0.2, 0.25) is 0 Å². The Hall–Kier alpha value is -0.760. The van der Waals surface area contributed by atoms with E-state index in [1.807, 2.05) is 0 Å². The van der Waals surface area contributed by atoms with E-state index in [0.717, 1.165) is 0 Å². The smallest absolute Gasteiger partial charge is 0.187 e. The SMILES string of the molecule is C[C@@H]1O[C@@H](O[C@H]2[C@H](O)[C@@H](O)[C@H](O[C@H]3[C@H](O)[C@@H](O[C@@H]4O[C@@H](C)[C@H](O)[C@@H](O)[C@H]4O)C(O)O[C@@H]3CO)O[C@@H]2CO)[C@H](O)[C@H](O)[C@H]1O. The fourth-order valence-electron chi connectivity index (χ4n) is 5.42. The van der Waals surface area contributed by atoms with Crippen LogP contribution < -0.4 is 0 Å². The van der Waals surface area contributed by atoms with E-state index in [0.29, 0.717) is 0 Å². The maximum Gasteiger partial charge on any atom is 0.187 e. The second kappa shape index (κ2) is 14.3. The number of aliphatic hydroxyl groups excluding tert-OH is 12. The third-order valence-electron chi connectivity index (χ3n) is 8.13. The van der Waals surface area contributed by atoms with E-state index in [4.69, 9.17) is 33.2 Å². The van der Waals surface area contributed by atoms with Gasteiger partial charge in [-0.15, -0.1) is 0 Å². The number of rotatable bonds is 8. The van der Waals surface area contributed by atoms with E-state index < -0.39 is 136 Å². The Labute approximate surface area is 244 Å². The van der Waals surface area contributed by atoms with Crippen molar-refractivity contribution in [1.82, 2.24) is 0 Å². The number of hydrogen-bond acceptors (Lipinski definition) is 19. The molecule has 0 aromatic heterocycles. The quantitative estimate of drug-likeness (QED) is 0.118. The minimum Gasteiger partial charge on any atom is -0.394 e. The van der Waals surface area contributed by atoms with Crippen molar-refractivity contribution in [3.63, 3.8) is 0 Å². The van der Waals surface area contributed by atoms with Crippen LogP contribution >= 0.6 is 0 Å². The largest absolute Gasteiger partial charge is 0.394 e. The second-order valence-electron chi connectivity index (χ2n) is 11.1. The van der Waals surface area contributed by atoms with E-state index in [1.54, 1.807) is 0 Å². The minimum absolute atomic E-state index is 0.834. The van der Waals surface area contributed by atoms with E-state index in [-0.39, 0.29) is 0 Å². The molecule has 1 unspecified atom stereocenters. The molecule has 4 fully saturated rings. The van der Waals surface area contributed by atoms with Crippen LogP contribution in [0.25, 0.3) is 0 Å². The molecule has 0 aliphatic carbocycles. The molecule has 4 heterocycles. The lowest BCUT2D eigenvalue weighted by molar-refractivity contribution is -0.389. The molecular weight excluding hydrogens is 592 g/mol. The number of ether oxygens (including phenoxy) is 7. The maximum atomic E-state index is 11.1. The van der Waals surface area contributed by atoms with Gasteiger partial charge in [-0.2, -0.15) is 0 Å². The molecule has 4 rings (SSSR count). The van der Waals surface area contributed by atoms with Crippen LogP contribution in [0.5, 0.6) is 0 Å². The van der Waals surface area contributed by atoms with Crippen molar-refractivity contribution in [2.24, 2.45) is 0 Å². The van der Waals surface area contributed by atoms with Crippen LogP contribution in [0.3, 0.4) is 0 Å². The van der Waals surface area contributed by atoms with Crippen molar-refractivity contribution in [1.29, 1.82) is 0 Å². The average Bonchev–Trinajstić information content (AvgIpc) is 2.98. The van der Waals surface area contributed by atoms with Gasteiger partial charge in [-0.05, 0) is 13.8 Å². The fourth-order valence-corrected chi connectivity index (χ4v) is 5.42. The zero-order valence-electron chi connectivity index (χ0n) is 23.2. The predicted molar refractivity (Wildman–Crippen MR) is 131 cm³/mol. The molecule has 20 atom stereocenters. The summed E-state index contributed by atoms with van der Waals surface area (Å²) >= 11 is 0. The number of aliphatic hydroxyl groups is 12. The average molecular weight is 635 g/mol. The van der Waals surface area contributed by atoms with Crippen molar-refractivity contribution < 1.29 is 94.4 Å². The normalized spacial score (nSPS) is 54.8. The van der Waals surface area contributed by atoms with Crippen LogP contribution in [0.2, 0.25) is 0 Å². The highest BCUT2D eigenvalue weighted by molar-refractivity contribution is 4.97. The summed E-state index contributed by atoms with van der Waals surface area (Å²) in [6.45, 7) is 1.10. The summed E-state index contributed by atoms with van der Waals surface area (Å²) in [5.74, 6) is 0. The van der Waals surface area contributed by atoms with Crippen LogP contribution in [0, 0.1) is 0 Å². The molecule has 19 nitrogen and oxygen atoms in total. The monoisotopic (exact) mass is 634 g/mol. The molecule has 0 spiro atoms. The molecule has 0 amide bonds. The molecule has 0 bridgehead atoms. The van der Waals surface area contributed by atoms with Crippen molar-refractivity contribution >= 4 is 0 Å². The summed E-state index contributed by atoms with van der Waals surface area (Å²) in [5.41, 5.74) is 0. The predicted octanol–water partition coefficient (Wildman–Crippen LogP) is -7.69. The molecule has 0 saturated carbocycles. The van der Waals surface area contributed by atoms with Gasteiger partial charge in [-0.3, -0.25) is 0 Å². The first-order chi connectivity index (χ1) is 20.2. The summed E-state index contributed by atoms with van der Waals surface area (Å²) in [6, 6.07) is 0. The van der Waals surface area contributed by atoms with Gasteiger partial charge in [-0.1, -0.05) is 0 Å². The minimum atomic E-state index is -1.96. The van der Waals surface area contributed by atoms with Gasteiger partial charge in [0.05, 0.1) is 25.4 Å². The molecule has 19 heteroatoms. The van der Waals surface area contributed by atoms with Gasteiger partial charge in [0, 0.05) is 0 Å². The Balaban J connectivity index is 1.46. The highest BCUT2D eigenvalue weighted by Gasteiger charge is 2.54. The Morgan fingerprint density at radius 3 is 1.26 bits per heavy atom. The van der Waals surface area contributed by atoms with E-state index in [9.17, 15) is 61.3 Å². The van der Waals surface area contributed by atoms with Crippen molar-refractivity contribution in [2.45, 2.75) is 137 Å². The van der Waals surface area contributed by atoms with E-state index >= 15 is 0 Å². The first-order valence-electron chi connectivity index (χ1n) is 13.8. The molecule has 4 aliphatic heterocycles. The third kappa shape index (κ3) is 7.00. The van der Waals surface area contributed by atoms with E-state index in [1.165, 1.54) is 13.8 Å². The maximum absolute atomic E-state index is 11.1. The van der Waals surface area contributed by atoms with Gasteiger partial charge < -0.3 is 94.4 Å². The van der Waals surface area contributed by atoms with Gasteiger partial charge in [0.25, 0.3) is 0 Å². The first-order valence-corrected chi connectivity index (χ1v) is 13.8. The lowest BCUT2D eigenvalue weighted by atomic mass is 9.96. The van der Waals surface area contributed by atoms with Gasteiger partial charge in [-0.25, -0.2) is 0 Å². The topological polar surface area (TPSA) is 307 Å². The Bertz CT molecular complexity index is 884. The third-order valence-corrected chi connectivity index (χ3v) is 8.13. The van der Waals surface area contributed by atoms with Crippen LogP contribution in [0.4, 0.5) is 0 Å². The lowest BCUT2D eigenvalue weighted by Gasteiger charge is -2.48. The zero-order chi connectivity index (χ0) is 31.9. The Kier molecular flexibility index (Phi) is 11.7. The van der Waals surface area contributed by atoms with Crippen LogP contribution in [0.1, 0.15) is 13.8 Å². The van der Waals surface area contributed by atoms with Crippen molar-refractivity contribution in [3.8, 4) is 0 Å². The second-order valence-corrected chi connectivity index (χ2v) is 11.1. The highest BCUT2D eigenvalue weighted by atomic mass is 16.8. The summed E-state index contributed by atoms with van der Waals surface area (Å²) in [6.07, 6.45) is -32.5. The van der Waals surface area contributed by atoms with Gasteiger partial charge in [0.15, 0.2) is 25.2 Å². The molecule has 43 heavy (non-hydrogen) atoms. The van der Waals surface area contributed by atoms with E-state index in [2.05, 4.69) is 0 Å². The summed E-state index contributed by atoms with van der Waals surface area (Å²) in [4.78, 5) is 0. The molecule has 4 saturated heterocycles. The lowest BCUT2D eigenvalue weighted by Crippen LogP contribution is -2.67. The standard InChI is InChI=1S/C24H42O19/c1-5-9(27)11(29)14(32)22(37-5)41-18-8(4-26)40-24(16(34)13(18)31)42-19-7(3-25)39-21(36)20(17(19)35)43-23-15(33)12(30)10(28)6(2)38-23/h5-36H,3-4H2,1-2H3/t5-,6-,7+,8+,9-,10-,11+,12+,13+,14+,15+,16+,17-,18+,19+,20+,21?,22-,23-,24-/m0/s1. The van der Waals surface area contributed by atoms with Crippen LogP contribution in [-0.2, 0) is 33.2 Å². The molecule has 252 valence electrons. The van der Waals surface area contributed by atoms with Crippen LogP contribution in [0.15, 0.2) is 0 Å². The molecule has 0 aromatic carbocycles. The summed E-state index contributed by atoms with van der Waals surface area (Å²) in [5, 5.41) is 123. The molecule has 12 N–H and O–H groups in total. The zero-order valence-corrected chi connectivity index (χ0v) is 23.2. The summed E-state index contributed by atoms with van der Waals surface area (Å²) in [7, 11) is 0. The van der Waals surface area contributed by atoms with Crippen molar-refractivity contribution in [2.75, 3.05) is 13.2 Å². The molecule has 0 radical (unpaired) electrons. The van der Waals surface area contributed by atoms with Crippen molar-refractivity contribution in [3.05, 3.63) is 0 Å². The first kappa shape index (κ1) is 35.1. The molecule has 4 aliphatic rings. The fraction of sp³-hybridized carbons (Fsp3) is 1.00. The summed E-state index contributed by atoms with van der Waals surface area (Å²) < 4.78 is 38.2. The van der Waals surface area contributed by atoms with Crippen LogP contribution in [-0.4, -0.2) is 197 Å². The van der Waals surface area contributed by atoms with Gasteiger partial charge >= 0.3 is 0 Å². The Morgan fingerprint density at radius 2 is 0.791 bits per heavy atom. The molecule has 0 aromatic rings. The van der Waals surface area contributed by atoms with Gasteiger partial charge in [0.1, 0.15) is 85.5 Å². The Morgan fingerprint density at radius 1 is 0.419 bits per heavy atom.